The standard InChI is InChI=1S/C15H24N2O2/c18-14(17-12-7-11-4-5-13(12)19-11)15-6-2-1-3-10(15)8-16-9-15/h10-13,16H,1-9H2,(H,17,18)/t10-,11+,12+,13-,15+/m0/s1. The average Bonchev–Trinajstić information content (AvgIpc) is 3.13. The van der Waals surface area contributed by atoms with Gasteiger partial charge in [-0.25, -0.2) is 0 Å². The van der Waals surface area contributed by atoms with Crippen LogP contribution < -0.4 is 10.6 Å². The van der Waals surface area contributed by atoms with Gasteiger partial charge in [0, 0.05) is 6.54 Å². The van der Waals surface area contributed by atoms with Crippen LogP contribution in [-0.4, -0.2) is 37.2 Å². The molecule has 1 amide bonds. The Balaban J connectivity index is 1.47. The molecule has 3 aliphatic heterocycles. The van der Waals surface area contributed by atoms with Crippen LogP contribution in [0.2, 0.25) is 0 Å². The highest BCUT2D eigenvalue weighted by Crippen LogP contribution is 2.44. The topological polar surface area (TPSA) is 50.4 Å². The molecule has 0 unspecified atom stereocenters. The van der Waals surface area contributed by atoms with Crippen LogP contribution in [-0.2, 0) is 9.53 Å². The second-order valence-corrected chi connectivity index (χ2v) is 6.92. The highest BCUT2D eigenvalue weighted by Gasteiger charge is 2.51. The lowest BCUT2D eigenvalue weighted by Crippen LogP contribution is -2.52. The number of hydrogen-bond acceptors (Lipinski definition) is 3. The Kier molecular flexibility index (Phi) is 2.85. The maximum Gasteiger partial charge on any atom is 0.228 e. The monoisotopic (exact) mass is 264 g/mol. The van der Waals surface area contributed by atoms with E-state index in [0.717, 1.165) is 32.4 Å². The van der Waals surface area contributed by atoms with Gasteiger partial charge in [-0.2, -0.15) is 0 Å². The Bertz CT molecular complexity index is 386. The van der Waals surface area contributed by atoms with Crippen molar-refractivity contribution in [2.45, 2.75) is 63.2 Å². The van der Waals surface area contributed by atoms with Gasteiger partial charge in [-0.15, -0.1) is 0 Å². The van der Waals surface area contributed by atoms with Crippen molar-refractivity contribution in [1.82, 2.24) is 10.6 Å². The van der Waals surface area contributed by atoms with Gasteiger partial charge in [0.15, 0.2) is 0 Å². The zero-order valence-electron chi connectivity index (χ0n) is 11.5. The molecule has 4 aliphatic rings. The van der Waals surface area contributed by atoms with E-state index in [9.17, 15) is 4.79 Å². The van der Waals surface area contributed by atoms with Crippen LogP contribution in [0.15, 0.2) is 0 Å². The number of rotatable bonds is 2. The molecule has 3 saturated heterocycles. The van der Waals surface area contributed by atoms with Crippen LogP contribution in [0, 0.1) is 11.3 Å². The molecule has 106 valence electrons. The quantitative estimate of drug-likeness (QED) is 0.788. The Morgan fingerprint density at radius 2 is 2.21 bits per heavy atom. The second kappa shape index (κ2) is 4.45. The zero-order chi connectivity index (χ0) is 12.9. The number of carbonyl (C=O) groups is 1. The van der Waals surface area contributed by atoms with Crippen LogP contribution in [0.5, 0.6) is 0 Å². The fourth-order valence-electron chi connectivity index (χ4n) is 4.79. The van der Waals surface area contributed by atoms with E-state index in [1.54, 1.807) is 0 Å². The van der Waals surface area contributed by atoms with Crippen LogP contribution in [0.1, 0.15) is 44.9 Å². The molecule has 4 rings (SSSR count). The van der Waals surface area contributed by atoms with E-state index in [4.69, 9.17) is 4.74 Å². The normalized spacial score (nSPS) is 48.2. The van der Waals surface area contributed by atoms with Crippen molar-refractivity contribution in [1.29, 1.82) is 0 Å². The summed E-state index contributed by atoms with van der Waals surface area (Å²) in [6.07, 6.45) is 8.84. The summed E-state index contributed by atoms with van der Waals surface area (Å²) < 4.78 is 5.85. The number of nitrogens with one attached hydrogen (secondary N) is 2. The second-order valence-electron chi connectivity index (χ2n) is 6.92. The molecule has 0 spiro atoms. The van der Waals surface area contributed by atoms with Gasteiger partial charge in [0.25, 0.3) is 0 Å². The van der Waals surface area contributed by atoms with Gasteiger partial charge in [-0.1, -0.05) is 12.8 Å². The molecule has 0 aromatic carbocycles. The van der Waals surface area contributed by atoms with Gasteiger partial charge >= 0.3 is 0 Å². The Hall–Kier alpha value is -0.610. The Morgan fingerprint density at radius 3 is 3.00 bits per heavy atom. The summed E-state index contributed by atoms with van der Waals surface area (Å²) in [7, 11) is 0. The van der Waals surface area contributed by atoms with Crippen molar-refractivity contribution in [2.75, 3.05) is 13.1 Å². The minimum absolute atomic E-state index is 0.111. The summed E-state index contributed by atoms with van der Waals surface area (Å²) in [6, 6.07) is 0.281. The van der Waals surface area contributed by atoms with Crippen molar-refractivity contribution in [3.63, 3.8) is 0 Å². The number of hydrogen-bond donors (Lipinski definition) is 2. The van der Waals surface area contributed by atoms with Gasteiger partial charge in [0.1, 0.15) is 0 Å². The first-order valence-corrected chi connectivity index (χ1v) is 7.95. The maximum absolute atomic E-state index is 12.8. The van der Waals surface area contributed by atoms with E-state index >= 15 is 0 Å². The third kappa shape index (κ3) is 1.83. The summed E-state index contributed by atoms with van der Waals surface area (Å²) in [6.45, 7) is 1.91. The predicted octanol–water partition coefficient (Wildman–Crippen LogP) is 1.20. The highest BCUT2D eigenvalue weighted by molar-refractivity contribution is 5.84. The van der Waals surface area contributed by atoms with E-state index in [-0.39, 0.29) is 11.5 Å². The molecule has 4 nitrogen and oxygen atoms in total. The van der Waals surface area contributed by atoms with Gasteiger partial charge in [0.05, 0.1) is 23.7 Å². The Labute approximate surface area is 114 Å². The van der Waals surface area contributed by atoms with Crippen molar-refractivity contribution < 1.29 is 9.53 Å². The van der Waals surface area contributed by atoms with Crippen LogP contribution in [0.3, 0.4) is 0 Å². The number of amides is 1. The lowest BCUT2D eigenvalue weighted by atomic mass is 9.67. The summed E-state index contributed by atoms with van der Waals surface area (Å²) >= 11 is 0. The fourth-order valence-corrected chi connectivity index (χ4v) is 4.79. The summed E-state index contributed by atoms with van der Waals surface area (Å²) in [5, 5.41) is 6.79. The fraction of sp³-hybridized carbons (Fsp3) is 0.933. The van der Waals surface area contributed by atoms with E-state index in [2.05, 4.69) is 10.6 Å². The smallest absolute Gasteiger partial charge is 0.228 e. The molecule has 2 bridgehead atoms. The average molecular weight is 264 g/mol. The maximum atomic E-state index is 12.8. The lowest BCUT2D eigenvalue weighted by molar-refractivity contribution is -0.135. The molecule has 1 aliphatic carbocycles. The van der Waals surface area contributed by atoms with Crippen LogP contribution >= 0.6 is 0 Å². The molecule has 1 saturated carbocycles. The minimum atomic E-state index is -0.111. The molecule has 0 aromatic rings. The molecule has 4 heteroatoms. The highest BCUT2D eigenvalue weighted by atomic mass is 16.5. The molecular formula is C15H24N2O2. The van der Waals surface area contributed by atoms with Crippen LogP contribution in [0.25, 0.3) is 0 Å². The first kappa shape index (κ1) is 12.2. The van der Waals surface area contributed by atoms with Gasteiger partial charge in [-0.3, -0.25) is 4.79 Å². The summed E-state index contributed by atoms with van der Waals surface area (Å²) in [5.74, 6) is 0.865. The predicted molar refractivity (Wildman–Crippen MR) is 71.7 cm³/mol. The molecule has 0 aromatic heterocycles. The van der Waals surface area contributed by atoms with Crippen molar-refractivity contribution >= 4 is 5.91 Å². The SMILES string of the molecule is O=C(N[C@@H]1C[C@H]2CC[C@@H]1O2)[C@@]12CCCC[C@H]1CNC2. The van der Waals surface area contributed by atoms with E-state index < -0.39 is 0 Å². The van der Waals surface area contributed by atoms with Crippen molar-refractivity contribution in [2.24, 2.45) is 11.3 Å². The first-order valence-electron chi connectivity index (χ1n) is 7.95. The van der Waals surface area contributed by atoms with Gasteiger partial charge < -0.3 is 15.4 Å². The zero-order valence-corrected chi connectivity index (χ0v) is 11.5. The van der Waals surface area contributed by atoms with Crippen molar-refractivity contribution in [3.8, 4) is 0 Å². The molecule has 5 atom stereocenters. The third-order valence-electron chi connectivity index (χ3n) is 5.91. The van der Waals surface area contributed by atoms with Gasteiger partial charge in [-0.05, 0) is 44.6 Å². The first-order chi connectivity index (χ1) is 9.28. The molecule has 3 heterocycles. The molecule has 0 radical (unpaired) electrons. The summed E-state index contributed by atoms with van der Waals surface area (Å²) in [5.41, 5.74) is -0.111. The minimum Gasteiger partial charge on any atom is -0.373 e. The molecular weight excluding hydrogens is 240 g/mol. The van der Waals surface area contributed by atoms with Crippen molar-refractivity contribution in [3.05, 3.63) is 0 Å². The molecule has 19 heavy (non-hydrogen) atoms. The van der Waals surface area contributed by atoms with E-state index in [1.807, 2.05) is 0 Å². The molecule has 2 N–H and O–H groups in total. The summed E-state index contributed by atoms with van der Waals surface area (Å²) in [4.78, 5) is 12.8. The van der Waals surface area contributed by atoms with E-state index in [1.165, 1.54) is 25.7 Å². The number of carbonyl (C=O) groups excluding carboxylic acids is 1. The van der Waals surface area contributed by atoms with Crippen LogP contribution in [0.4, 0.5) is 0 Å². The lowest BCUT2D eigenvalue weighted by Gasteiger charge is -2.38. The third-order valence-corrected chi connectivity index (χ3v) is 5.91. The number of fused-ring (bicyclic) bond motifs is 3. The molecule has 4 fully saturated rings. The van der Waals surface area contributed by atoms with E-state index in [0.29, 0.717) is 24.0 Å². The largest absolute Gasteiger partial charge is 0.373 e. The van der Waals surface area contributed by atoms with Gasteiger partial charge in [0.2, 0.25) is 5.91 Å². The Morgan fingerprint density at radius 1 is 1.26 bits per heavy atom. The number of ether oxygens (including phenoxy) is 1.